The second-order valence-corrected chi connectivity index (χ2v) is 10.7. The molecule has 1 N–H and O–H groups in total. The van der Waals surface area contributed by atoms with Crippen molar-refractivity contribution < 1.29 is 17.7 Å². The van der Waals surface area contributed by atoms with Gasteiger partial charge in [0.25, 0.3) is 5.91 Å². The summed E-state index contributed by atoms with van der Waals surface area (Å²) >= 11 is 0. The topological polar surface area (TPSA) is 116 Å². The van der Waals surface area contributed by atoms with Crippen molar-refractivity contribution in [3.8, 4) is 11.4 Å². The lowest BCUT2D eigenvalue weighted by molar-refractivity contribution is 0.0610. The monoisotopic (exact) mass is 484 g/mol. The Morgan fingerprint density at radius 3 is 2.47 bits per heavy atom. The van der Waals surface area contributed by atoms with Crippen molar-refractivity contribution in [1.29, 1.82) is 0 Å². The maximum atomic E-state index is 12.9. The third-order valence-corrected chi connectivity index (χ3v) is 8.26. The van der Waals surface area contributed by atoms with Gasteiger partial charge in [0.2, 0.25) is 21.7 Å². The third-order valence-electron chi connectivity index (χ3n) is 6.39. The zero-order chi connectivity index (χ0) is 23.7. The minimum Gasteiger partial charge on any atom is -0.356 e. The summed E-state index contributed by atoms with van der Waals surface area (Å²) in [5.41, 5.74) is 2.38. The lowest BCUT2D eigenvalue weighted by Crippen LogP contribution is -2.48. The summed E-state index contributed by atoms with van der Waals surface area (Å²) in [7, 11) is -3.55. The number of nitrogens with zero attached hydrogens (tertiary/aromatic N) is 5. The Labute approximate surface area is 198 Å². The molecule has 0 aliphatic carbocycles. The molecule has 180 valence electrons. The van der Waals surface area contributed by atoms with E-state index < -0.39 is 10.0 Å². The minimum absolute atomic E-state index is 0.150. The first-order valence-electron chi connectivity index (χ1n) is 11.5. The van der Waals surface area contributed by atoms with Gasteiger partial charge < -0.3 is 14.4 Å². The summed E-state index contributed by atoms with van der Waals surface area (Å²) in [6, 6.07) is 9.41. The van der Waals surface area contributed by atoms with E-state index in [9.17, 15) is 13.2 Å². The Balaban J connectivity index is 1.16. The van der Waals surface area contributed by atoms with Crippen molar-refractivity contribution in [2.75, 3.05) is 39.3 Å². The van der Waals surface area contributed by atoms with Gasteiger partial charge in [-0.2, -0.15) is 9.29 Å². The summed E-state index contributed by atoms with van der Waals surface area (Å²) in [5.74, 6) is 0.911. The molecule has 11 heteroatoms. The van der Waals surface area contributed by atoms with E-state index in [-0.39, 0.29) is 10.8 Å². The van der Waals surface area contributed by atoms with Gasteiger partial charge in [-0.05, 0) is 25.8 Å². The van der Waals surface area contributed by atoms with Gasteiger partial charge in [0.15, 0.2) is 0 Å². The fraction of sp³-hybridized carbons (Fsp3) is 0.435. The van der Waals surface area contributed by atoms with E-state index in [1.807, 2.05) is 31.2 Å². The van der Waals surface area contributed by atoms with E-state index in [0.29, 0.717) is 63.2 Å². The van der Waals surface area contributed by atoms with Gasteiger partial charge in [0.05, 0.1) is 6.54 Å². The molecule has 2 aliphatic heterocycles. The molecule has 1 aromatic carbocycles. The van der Waals surface area contributed by atoms with Crippen molar-refractivity contribution >= 4 is 15.9 Å². The van der Waals surface area contributed by atoms with Crippen LogP contribution in [0.15, 0.2) is 45.9 Å². The highest BCUT2D eigenvalue weighted by atomic mass is 32.2. The number of rotatable bonds is 6. The standard InChI is InChI=1S/C23H28N6O4S/c1-17-4-6-18(7-5-17)22-25-21(33-26-22)16-27-10-12-28(13-11-27)23(30)20-14-19(15-24-20)34(31,32)29-8-2-3-9-29/h4-7,14-15,24H,2-3,8-13,16H2,1H3. The minimum atomic E-state index is -3.55. The number of aromatic amines is 1. The zero-order valence-electron chi connectivity index (χ0n) is 19.1. The highest BCUT2D eigenvalue weighted by Crippen LogP contribution is 2.22. The Morgan fingerprint density at radius 1 is 1.06 bits per heavy atom. The molecule has 5 rings (SSSR count). The first kappa shape index (κ1) is 22.8. The van der Waals surface area contributed by atoms with Crippen LogP contribution in [0.25, 0.3) is 11.4 Å². The molecule has 0 radical (unpaired) electrons. The molecular formula is C23H28N6O4S. The van der Waals surface area contributed by atoms with Crippen LogP contribution in [0.1, 0.15) is 34.8 Å². The number of carbonyl (C=O) groups is 1. The Hall–Kier alpha value is -3.02. The predicted molar refractivity (Wildman–Crippen MR) is 124 cm³/mol. The highest BCUT2D eigenvalue weighted by Gasteiger charge is 2.30. The Bertz CT molecular complexity index is 1250. The summed E-state index contributed by atoms with van der Waals surface area (Å²) in [4.78, 5) is 24.3. The number of hydrogen-bond acceptors (Lipinski definition) is 7. The summed E-state index contributed by atoms with van der Waals surface area (Å²) in [6.07, 6.45) is 3.16. The van der Waals surface area contributed by atoms with E-state index in [1.54, 1.807) is 4.90 Å². The van der Waals surface area contributed by atoms with Gasteiger partial charge in [0, 0.05) is 51.0 Å². The number of aromatic nitrogens is 3. The van der Waals surface area contributed by atoms with E-state index in [4.69, 9.17) is 4.52 Å². The normalized spacial score (nSPS) is 18.0. The molecule has 4 heterocycles. The number of benzene rings is 1. The highest BCUT2D eigenvalue weighted by molar-refractivity contribution is 7.89. The second-order valence-electron chi connectivity index (χ2n) is 8.81. The largest absolute Gasteiger partial charge is 0.356 e. The Kier molecular flexibility index (Phi) is 6.24. The van der Waals surface area contributed by atoms with Crippen molar-refractivity contribution in [2.24, 2.45) is 0 Å². The maximum absolute atomic E-state index is 12.9. The van der Waals surface area contributed by atoms with Gasteiger partial charge in [-0.15, -0.1) is 0 Å². The molecule has 2 aromatic heterocycles. The van der Waals surface area contributed by atoms with Gasteiger partial charge in [-0.3, -0.25) is 9.69 Å². The molecule has 2 saturated heterocycles. The lowest BCUT2D eigenvalue weighted by Gasteiger charge is -2.33. The van der Waals surface area contributed by atoms with Crippen molar-refractivity contribution in [3.63, 3.8) is 0 Å². The fourth-order valence-corrected chi connectivity index (χ4v) is 5.85. The molecule has 2 aliphatic rings. The van der Waals surface area contributed by atoms with Crippen LogP contribution in [0.3, 0.4) is 0 Å². The van der Waals surface area contributed by atoms with E-state index in [0.717, 1.165) is 18.4 Å². The number of hydrogen-bond donors (Lipinski definition) is 1. The smallest absolute Gasteiger partial charge is 0.270 e. The summed E-state index contributed by atoms with van der Waals surface area (Å²) in [6.45, 7) is 6.00. The lowest BCUT2D eigenvalue weighted by atomic mass is 10.1. The molecule has 0 unspecified atom stereocenters. The molecule has 10 nitrogen and oxygen atoms in total. The molecule has 0 spiro atoms. The number of carbonyl (C=O) groups excluding carboxylic acids is 1. The van der Waals surface area contributed by atoms with Crippen LogP contribution in [0, 0.1) is 6.92 Å². The van der Waals surface area contributed by atoms with Crippen molar-refractivity contribution in [2.45, 2.75) is 31.2 Å². The second kappa shape index (κ2) is 9.32. The Morgan fingerprint density at radius 2 is 1.76 bits per heavy atom. The molecular weight excluding hydrogens is 456 g/mol. The molecule has 1 amide bonds. The average molecular weight is 485 g/mol. The van der Waals surface area contributed by atoms with Gasteiger partial charge >= 0.3 is 0 Å². The van der Waals surface area contributed by atoms with Crippen molar-refractivity contribution in [3.05, 3.63) is 53.7 Å². The van der Waals surface area contributed by atoms with Gasteiger partial charge in [-0.25, -0.2) is 8.42 Å². The molecule has 0 bridgehead atoms. The third kappa shape index (κ3) is 4.63. The predicted octanol–water partition coefficient (Wildman–Crippen LogP) is 2.12. The molecule has 0 saturated carbocycles. The molecule has 2 fully saturated rings. The van der Waals surface area contributed by atoms with Crippen LogP contribution in [0.4, 0.5) is 0 Å². The average Bonchev–Trinajstić information content (AvgIpc) is 3.62. The fourth-order valence-electron chi connectivity index (χ4n) is 4.33. The number of amides is 1. The summed E-state index contributed by atoms with van der Waals surface area (Å²) in [5, 5.41) is 4.08. The van der Waals surface area contributed by atoms with Gasteiger partial charge in [0.1, 0.15) is 10.6 Å². The number of sulfonamides is 1. The van der Waals surface area contributed by atoms with Crippen LogP contribution in [-0.2, 0) is 16.6 Å². The number of nitrogens with one attached hydrogen (secondary N) is 1. The van der Waals surface area contributed by atoms with Crippen LogP contribution >= 0.6 is 0 Å². The molecule has 0 atom stereocenters. The van der Waals surface area contributed by atoms with Crippen molar-refractivity contribution in [1.82, 2.24) is 29.2 Å². The zero-order valence-corrected chi connectivity index (χ0v) is 19.9. The quantitative estimate of drug-likeness (QED) is 0.570. The first-order chi connectivity index (χ1) is 16.4. The van der Waals surface area contributed by atoms with Crippen LogP contribution in [0.2, 0.25) is 0 Å². The first-order valence-corrected chi connectivity index (χ1v) is 12.9. The molecule has 3 aromatic rings. The number of piperazine rings is 1. The molecule has 34 heavy (non-hydrogen) atoms. The van der Waals surface area contributed by atoms with Crippen LogP contribution in [-0.4, -0.2) is 82.8 Å². The van der Waals surface area contributed by atoms with E-state index in [1.165, 1.54) is 22.1 Å². The van der Waals surface area contributed by atoms with Gasteiger partial charge in [-0.1, -0.05) is 35.0 Å². The SMILES string of the molecule is Cc1ccc(-c2noc(CN3CCN(C(=O)c4cc(S(=O)(=O)N5CCCC5)c[nH]4)CC3)n2)cc1. The van der Waals surface area contributed by atoms with Crippen LogP contribution in [0.5, 0.6) is 0 Å². The summed E-state index contributed by atoms with van der Waals surface area (Å²) < 4.78 is 32.4. The number of aryl methyl sites for hydroxylation is 1. The van der Waals surface area contributed by atoms with E-state index >= 15 is 0 Å². The van der Waals surface area contributed by atoms with E-state index in [2.05, 4.69) is 20.0 Å². The van der Waals surface area contributed by atoms with Crippen LogP contribution < -0.4 is 0 Å². The number of H-pyrrole nitrogens is 1. The maximum Gasteiger partial charge on any atom is 0.270 e.